The maximum Gasteiger partial charge on any atom is 0.234 e. The summed E-state index contributed by atoms with van der Waals surface area (Å²) in [4.78, 5) is 20.4. The summed E-state index contributed by atoms with van der Waals surface area (Å²) in [5, 5.41) is 11.5. The smallest absolute Gasteiger partial charge is 0.234 e. The van der Waals surface area contributed by atoms with Crippen LogP contribution in [0.15, 0.2) is 35.6 Å². The van der Waals surface area contributed by atoms with Crippen LogP contribution in [0.25, 0.3) is 11.2 Å². The number of aromatic nitrogens is 5. The summed E-state index contributed by atoms with van der Waals surface area (Å²) in [7, 11) is 1.77. The molecule has 1 amide bonds. The number of carbonyl (C=O) groups is 1. The molecule has 0 saturated carbocycles. The van der Waals surface area contributed by atoms with Crippen molar-refractivity contribution in [2.45, 2.75) is 11.9 Å². The minimum absolute atomic E-state index is 0.0880. The van der Waals surface area contributed by atoms with Gasteiger partial charge in [0.05, 0.1) is 5.75 Å². The van der Waals surface area contributed by atoms with Gasteiger partial charge in [-0.3, -0.25) is 4.79 Å². The highest BCUT2D eigenvalue weighted by molar-refractivity contribution is 8.00. The van der Waals surface area contributed by atoms with Gasteiger partial charge in [0, 0.05) is 12.7 Å². The van der Waals surface area contributed by atoms with Gasteiger partial charge in [-0.15, -0.1) is 5.10 Å². The molecule has 0 unspecified atom stereocenters. The molecule has 1 aromatic carbocycles. The zero-order valence-electron chi connectivity index (χ0n) is 12.1. The van der Waals surface area contributed by atoms with Crippen LogP contribution in [0.4, 0.5) is 5.69 Å². The normalized spacial score (nSPS) is 10.8. The number of amides is 1. The maximum atomic E-state index is 12.1. The van der Waals surface area contributed by atoms with E-state index in [1.807, 2.05) is 31.2 Å². The summed E-state index contributed by atoms with van der Waals surface area (Å²) < 4.78 is 1.58. The van der Waals surface area contributed by atoms with Gasteiger partial charge < -0.3 is 5.32 Å². The number of para-hydroxylation sites is 1. The molecule has 0 saturated heterocycles. The van der Waals surface area contributed by atoms with Crippen molar-refractivity contribution < 1.29 is 4.79 Å². The van der Waals surface area contributed by atoms with Gasteiger partial charge in [0.25, 0.3) is 0 Å². The van der Waals surface area contributed by atoms with E-state index >= 15 is 0 Å². The number of hydrogen-bond acceptors (Lipinski definition) is 6. The minimum Gasteiger partial charge on any atom is -0.325 e. The number of benzene rings is 1. The number of nitrogens with zero attached hydrogens (tertiary/aromatic N) is 5. The third kappa shape index (κ3) is 2.91. The third-order valence-electron chi connectivity index (χ3n) is 3.11. The summed E-state index contributed by atoms with van der Waals surface area (Å²) in [6, 6.07) is 7.66. The van der Waals surface area contributed by atoms with Crippen molar-refractivity contribution in [3.63, 3.8) is 0 Å². The van der Waals surface area contributed by atoms with Crippen LogP contribution in [-0.2, 0) is 11.8 Å². The lowest BCUT2D eigenvalue weighted by atomic mass is 10.2. The van der Waals surface area contributed by atoms with Gasteiger partial charge in [-0.2, -0.15) is 0 Å². The van der Waals surface area contributed by atoms with Crippen molar-refractivity contribution in [1.82, 2.24) is 25.0 Å². The van der Waals surface area contributed by atoms with E-state index in [0.717, 1.165) is 11.3 Å². The Labute approximate surface area is 131 Å². The summed E-state index contributed by atoms with van der Waals surface area (Å²) in [6.07, 6.45) is 1.45. The topological polar surface area (TPSA) is 85.6 Å². The molecular formula is C14H14N6OS. The molecule has 112 valence electrons. The number of aryl methyl sites for hydroxylation is 2. The van der Waals surface area contributed by atoms with E-state index in [1.54, 1.807) is 11.7 Å². The summed E-state index contributed by atoms with van der Waals surface area (Å²) in [5.41, 5.74) is 3.11. The molecule has 3 rings (SSSR count). The largest absolute Gasteiger partial charge is 0.325 e. The number of carbonyl (C=O) groups excluding carboxylic acids is 1. The lowest BCUT2D eigenvalue weighted by Crippen LogP contribution is -2.14. The molecule has 0 spiro atoms. The lowest BCUT2D eigenvalue weighted by Gasteiger charge is -2.07. The molecule has 0 bridgehead atoms. The number of hydrogen-bond donors (Lipinski definition) is 1. The molecule has 0 atom stereocenters. The molecule has 0 aliphatic heterocycles. The van der Waals surface area contributed by atoms with Crippen LogP contribution in [0.3, 0.4) is 0 Å². The first-order chi connectivity index (χ1) is 10.6. The first-order valence-electron chi connectivity index (χ1n) is 6.64. The molecule has 1 N–H and O–H groups in total. The fourth-order valence-corrected chi connectivity index (χ4v) is 2.70. The van der Waals surface area contributed by atoms with Crippen LogP contribution in [0, 0.1) is 6.92 Å². The van der Waals surface area contributed by atoms with Crippen molar-refractivity contribution in [3.05, 3.63) is 36.2 Å². The number of thioether (sulfide) groups is 1. The van der Waals surface area contributed by atoms with Gasteiger partial charge in [-0.05, 0) is 18.6 Å². The van der Waals surface area contributed by atoms with Crippen LogP contribution in [0.2, 0.25) is 0 Å². The van der Waals surface area contributed by atoms with Crippen molar-refractivity contribution in [3.8, 4) is 0 Å². The fraction of sp³-hybridized carbons (Fsp3) is 0.214. The van der Waals surface area contributed by atoms with Crippen LogP contribution in [0.1, 0.15) is 5.56 Å². The summed E-state index contributed by atoms with van der Waals surface area (Å²) in [6.45, 7) is 1.95. The van der Waals surface area contributed by atoms with Crippen LogP contribution < -0.4 is 5.32 Å². The Hall–Kier alpha value is -2.48. The monoisotopic (exact) mass is 314 g/mol. The number of anilines is 1. The Balaban J connectivity index is 1.69. The average molecular weight is 314 g/mol. The number of rotatable bonds is 4. The molecule has 2 aromatic heterocycles. The van der Waals surface area contributed by atoms with Crippen molar-refractivity contribution in [1.29, 1.82) is 0 Å². The van der Waals surface area contributed by atoms with Gasteiger partial charge in [0.15, 0.2) is 11.2 Å². The van der Waals surface area contributed by atoms with E-state index < -0.39 is 0 Å². The molecule has 22 heavy (non-hydrogen) atoms. The number of nitrogens with one attached hydrogen (secondary N) is 1. The second kappa shape index (κ2) is 6.10. The number of fused-ring (bicyclic) bond motifs is 1. The highest BCUT2D eigenvalue weighted by Gasteiger charge is 2.12. The van der Waals surface area contributed by atoms with Gasteiger partial charge in [0.2, 0.25) is 5.91 Å². The average Bonchev–Trinajstić information content (AvgIpc) is 2.90. The van der Waals surface area contributed by atoms with Crippen molar-refractivity contribution >= 4 is 34.5 Å². The summed E-state index contributed by atoms with van der Waals surface area (Å²) >= 11 is 1.32. The van der Waals surface area contributed by atoms with Gasteiger partial charge in [-0.25, -0.2) is 14.6 Å². The highest BCUT2D eigenvalue weighted by atomic mass is 32.2. The Morgan fingerprint density at radius 3 is 2.95 bits per heavy atom. The molecular weight excluding hydrogens is 300 g/mol. The van der Waals surface area contributed by atoms with Gasteiger partial charge in [-0.1, -0.05) is 35.2 Å². The Bertz CT molecular complexity index is 831. The van der Waals surface area contributed by atoms with Crippen molar-refractivity contribution in [2.75, 3.05) is 11.1 Å². The molecule has 0 aliphatic carbocycles. The predicted octanol–water partition coefficient (Wildman–Crippen LogP) is 1.80. The van der Waals surface area contributed by atoms with Crippen LogP contribution >= 0.6 is 11.8 Å². The SMILES string of the molecule is Cc1ccccc1NC(=O)CSc1ncnc2c1nnn2C. The zero-order chi connectivity index (χ0) is 15.5. The second-order valence-electron chi connectivity index (χ2n) is 4.72. The molecule has 0 fully saturated rings. The Morgan fingerprint density at radius 1 is 1.32 bits per heavy atom. The molecule has 7 nitrogen and oxygen atoms in total. The van der Waals surface area contributed by atoms with E-state index in [1.165, 1.54) is 18.1 Å². The first kappa shape index (κ1) is 14.5. The van der Waals surface area contributed by atoms with Crippen LogP contribution in [-0.4, -0.2) is 36.6 Å². The predicted molar refractivity (Wildman–Crippen MR) is 84.6 cm³/mol. The van der Waals surface area contributed by atoms with E-state index in [4.69, 9.17) is 0 Å². The summed E-state index contributed by atoms with van der Waals surface area (Å²) in [5.74, 6) is 0.159. The highest BCUT2D eigenvalue weighted by Crippen LogP contribution is 2.22. The molecule has 2 heterocycles. The fourth-order valence-electron chi connectivity index (χ4n) is 1.97. The van der Waals surface area contributed by atoms with Crippen LogP contribution in [0.5, 0.6) is 0 Å². The zero-order valence-corrected chi connectivity index (χ0v) is 13.0. The second-order valence-corrected chi connectivity index (χ2v) is 5.68. The Kier molecular flexibility index (Phi) is 4.01. The van der Waals surface area contributed by atoms with E-state index in [9.17, 15) is 4.79 Å². The molecule has 0 radical (unpaired) electrons. The minimum atomic E-state index is -0.0880. The van der Waals surface area contributed by atoms with E-state index in [2.05, 4.69) is 25.6 Å². The van der Waals surface area contributed by atoms with E-state index in [0.29, 0.717) is 16.2 Å². The van der Waals surface area contributed by atoms with Gasteiger partial charge >= 0.3 is 0 Å². The van der Waals surface area contributed by atoms with Crippen molar-refractivity contribution in [2.24, 2.45) is 7.05 Å². The molecule has 8 heteroatoms. The standard InChI is InChI=1S/C14H14N6OS/c1-9-5-3-4-6-10(9)17-11(21)7-22-14-12-13(15-8-16-14)20(2)19-18-12/h3-6,8H,7H2,1-2H3,(H,17,21). The molecule has 0 aliphatic rings. The third-order valence-corrected chi connectivity index (χ3v) is 4.09. The van der Waals surface area contributed by atoms with Gasteiger partial charge in [0.1, 0.15) is 11.4 Å². The first-order valence-corrected chi connectivity index (χ1v) is 7.62. The quantitative estimate of drug-likeness (QED) is 0.584. The Morgan fingerprint density at radius 2 is 2.14 bits per heavy atom. The van der Waals surface area contributed by atoms with E-state index in [-0.39, 0.29) is 11.7 Å². The lowest BCUT2D eigenvalue weighted by molar-refractivity contribution is -0.113. The maximum absolute atomic E-state index is 12.1. The molecule has 3 aromatic rings.